The van der Waals surface area contributed by atoms with Gasteiger partial charge in [-0.1, -0.05) is 0 Å². The van der Waals surface area contributed by atoms with E-state index in [0.717, 1.165) is 36.2 Å². The third-order valence-corrected chi connectivity index (χ3v) is 5.33. The van der Waals surface area contributed by atoms with Crippen molar-refractivity contribution in [2.45, 2.75) is 18.3 Å². The fourth-order valence-corrected chi connectivity index (χ4v) is 4.16. The van der Waals surface area contributed by atoms with Gasteiger partial charge in [0.2, 0.25) is 0 Å². The highest BCUT2D eigenvalue weighted by Crippen LogP contribution is 2.41. The summed E-state index contributed by atoms with van der Waals surface area (Å²) < 4.78 is 1.13. The molecule has 3 heterocycles. The second-order valence-corrected chi connectivity index (χ2v) is 6.39. The van der Waals surface area contributed by atoms with Crippen LogP contribution in [-0.2, 0) is 12.5 Å². The second-order valence-electron chi connectivity index (χ2n) is 4.56. The summed E-state index contributed by atoms with van der Waals surface area (Å²) in [6, 6.07) is 2.19. The van der Waals surface area contributed by atoms with Gasteiger partial charge in [-0.2, -0.15) is 4.80 Å². The maximum atomic E-state index is 4.45. The van der Waals surface area contributed by atoms with Crippen LogP contribution >= 0.6 is 27.3 Å². The SMILES string of the molecule is Cn1nnc(C2(c3cc(Br)cs3)CCNCC2)n1. The summed E-state index contributed by atoms with van der Waals surface area (Å²) in [6.45, 7) is 1.99. The summed E-state index contributed by atoms with van der Waals surface area (Å²) in [6.07, 6.45) is 2.04. The van der Waals surface area contributed by atoms with Gasteiger partial charge in [0.15, 0.2) is 5.82 Å². The fourth-order valence-electron chi connectivity index (χ4n) is 2.47. The van der Waals surface area contributed by atoms with Crippen molar-refractivity contribution in [1.82, 2.24) is 25.5 Å². The van der Waals surface area contributed by atoms with Crippen LogP contribution in [0.2, 0.25) is 0 Å². The van der Waals surface area contributed by atoms with E-state index >= 15 is 0 Å². The van der Waals surface area contributed by atoms with Gasteiger partial charge in [0.05, 0.1) is 12.5 Å². The van der Waals surface area contributed by atoms with Crippen LogP contribution in [0.3, 0.4) is 0 Å². The number of hydrogen-bond donors (Lipinski definition) is 1. The topological polar surface area (TPSA) is 55.6 Å². The molecule has 0 aliphatic carbocycles. The molecule has 0 bridgehead atoms. The van der Waals surface area contributed by atoms with Crippen molar-refractivity contribution < 1.29 is 0 Å². The number of aryl methyl sites for hydroxylation is 1. The van der Waals surface area contributed by atoms with Crippen LogP contribution in [0, 0.1) is 0 Å². The predicted molar refractivity (Wildman–Crippen MR) is 73.7 cm³/mol. The Balaban J connectivity index is 2.08. The molecule has 1 aliphatic rings. The number of aromatic nitrogens is 4. The quantitative estimate of drug-likeness (QED) is 0.912. The number of hydrogen-bond acceptors (Lipinski definition) is 5. The third kappa shape index (κ3) is 2.00. The molecule has 0 unspecified atom stereocenters. The van der Waals surface area contributed by atoms with E-state index in [0.29, 0.717) is 0 Å². The second kappa shape index (κ2) is 4.71. The van der Waals surface area contributed by atoms with Gasteiger partial charge in [0.25, 0.3) is 0 Å². The first-order valence-corrected chi connectivity index (χ1v) is 7.58. The monoisotopic (exact) mass is 327 g/mol. The maximum absolute atomic E-state index is 4.45. The van der Waals surface area contributed by atoms with E-state index < -0.39 is 0 Å². The normalized spacial score (nSPS) is 19.0. The lowest BCUT2D eigenvalue weighted by molar-refractivity contribution is 0.350. The molecule has 2 aromatic heterocycles. The van der Waals surface area contributed by atoms with Crippen LogP contribution < -0.4 is 5.32 Å². The number of halogens is 1. The molecule has 3 rings (SSSR count). The van der Waals surface area contributed by atoms with Crippen LogP contribution in [0.5, 0.6) is 0 Å². The Morgan fingerprint density at radius 2 is 2.22 bits per heavy atom. The molecule has 0 aromatic carbocycles. The summed E-state index contributed by atoms with van der Waals surface area (Å²) in [4.78, 5) is 2.87. The van der Waals surface area contributed by atoms with E-state index in [4.69, 9.17) is 0 Å². The first-order valence-electron chi connectivity index (χ1n) is 5.90. The van der Waals surface area contributed by atoms with Gasteiger partial charge < -0.3 is 5.32 Å². The first-order chi connectivity index (χ1) is 8.71. The molecule has 0 radical (unpaired) electrons. The Bertz CT molecular complexity index is 501. The fraction of sp³-hybridized carbons (Fsp3) is 0.545. The molecule has 1 N–H and O–H groups in total. The minimum Gasteiger partial charge on any atom is -0.317 e. The Hall–Kier alpha value is -0.790. The van der Waals surface area contributed by atoms with Crippen LogP contribution in [0.1, 0.15) is 23.5 Å². The summed E-state index contributed by atoms with van der Waals surface area (Å²) in [5.41, 5.74) is -0.0732. The minimum absolute atomic E-state index is 0.0732. The average Bonchev–Trinajstić information content (AvgIpc) is 2.99. The van der Waals surface area contributed by atoms with Gasteiger partial charge in [-0.05, 0) is 53.1 Å². The molecule has 1 aliphatic heterocycles. The summed E-state index contributed by atoms with van der Waals surface area (Å²) in [5, 5.41) is 18.2. The zero-order valence-electron chi connectivity index (χ0n) is 10.1. The minimum atomic E-state index is -0.0732. The first kappa shape index (κ1) is 12.3. The summed E-state index contributed by atoms with van der Waals surface area (Å²) in [7, 11) is 1.82. The molecule has 0 saturated carbocycles. The van der Waals surface area contributed by atoms with E-state index in [9.17, 15) is 0 Å². The summed E-state index contributed by atoms with van der Waals surface area (Å²) in [5.74, 6) is 0.848. The van der Waals surface area contributed by atoms with Crippen LogP contribution in [0.15, 0.2) is 15.9 Å². The van der Waals surface area contributed by atoms with Gasteiger partial charge in [0.1, 0.15) is 0 Å². The Labute approximate surface area is 118 Å². The zero-order valence-corrected chi connectivity index (χ0v) is 12.5. The number of tetrazole rings is 1. The smallest absolute Gasteiger partial charge is 0.186 e. The van der Waals surface area contributed by atoms with Crippen molar-refractivity contribution in [3.05, 3.63) is 26.6 Å². The number of rotatable bonds is 2. The Morgan fingerprint density at radius 3 is 2.78 bits per heavy atom. The molecule has 1 saturated heterocycles. The number of thiophene rings is 1. The van der Waals surface area contributed by atoms with Crippen molar-refractivity contribution in [2.24, 2.45) is 7.05 Å². The van der Waals surface area contributed by atoms with Gasteiger partial charge in [-0.25, -0.2) is 0 Å². The Kier molecular flexibility index (Phi) is 3.21. The van der Waals surface area contributed by atoms with Crippen LogP contribution in [0.25, 0.3) is 0 Å². The average molecular weight is 328 g/mol. The Morgan fingerprint density at radius 1 is 1.44 bits per heavy atom. The van der Waals surface area contributed by atoms with Crippen molar-refractivity contribution in [3.8, 4) is 0 Å². The van der Waals surface area contributed by atoms with Crippen molar-refractivity contribution in [3.63, 3.8) is 0 Å². The van der Waals surface area contributed by atoms with E-state index in [-0.39, 0.29) is 5.41 Å². The highest BCUT2D eigenvalue weighted by atomic mass is 79.9. The lowest BCUT2D eigenvalue weighted by Crippen LogP contribution is -2.41. The van der Waals surface area contributed by atoms with Gasteiger partial charge >= 0.3 is 0 Å². The lowest BCUT2D eigenvalue weighted by Gasteiger charge is -2.33. The van der Waals surface area contributed by atoms with E-state index in [1.165, 1.54) is 4.88 Å². The zero-order chi connectivity index (χ0) is 12.6. The van der Waals surface area contributed by atoms with Crippen molar-refractivity contribution >= 4 is 27.3 Å². The van der Waals surface area contributed by atoms with E-state index in [1.807, 2.05) is 7.05 Å². The molecule has 5 nitrogen and oxygen atoms in total. The highest BCUT2D eigenvalue weighted by molar-refractivity contribution is 9.10. The maximum Gasteiger partial charge on any atom is 0.186 e. The van der Waals surface area contributed by atoms with Crippen molar-refractivity contribution in [1.29, 1.82) is 0 Å². The van der Waals surface area contributed by atoms with Crippen molar-refractivity contribution in [2.75, 3.05) is 13.1 Å². The van der Waals surface area contributed by atoms with E-state index in [1.54, 1.807) is 16.1 Å². The van der Waals surface area contributed by atoms with Crippen LogP contribution in [0.4, 0.5) is 0 Å². The lowest BCUT2D eigenvalue weighted by atomic mass is 9.77. The number of piperidine rings is 1. The standard InChI is InChI=1S/C11H14BrN5S/c1-17-15-10(14-16-17)11(2-4-13-5-3-11)9-6-8(12)7-18-9/h6-7,13H,2-5H2,1H3. The third-order valence-electron chi connectivity index (χ3n) is 3.43. The molecule has 18 heavy (non-hydrogen) atoms. The molecule has 0 amide bonds. The molecule has 7 heteroatoms. The molecule has 0 atom stereocenters. The molecular weight excluding hydrogens is 314 g/mol. The van der Waals surface area contributed by atoms with Crippen LogP contribution in [-0.4, -0.2) is 33.3 Å². The molecule has 2 aromatic rings. The highest BCUT2D eigenvalue weighted by Gasteiger charge is 2.40. The van der Waals surface area contributed by atoms with Gasteiger partial charge in [0, 0.05) is 14.7 Å². The van der Waals surface area contributed by atoms with Gasteiger partial charge in [-0.15, -0.1) is 21.5 Å². The molecule has 0 spiro atoms. The number of nitrogens with one attached hydrogen (secondary N) is 1. The summed E-state index contributed by atoms with van der Waals surface area (Å²) >= 11 is 5.30. The predicted octanol–water partition coefficient (Wildman–Crippen LogP) is 1.70. The molecule has 1 fully saturated rings. The molecular formula is C11H14BrN5S. The number of nitrogens with zero attached hydrogens (tertiary/aromatic N) is 4. The molecule has 96 valence electrons. The van der Waals surface area contributed by atoms with Gasteiger partial charge in [-0.3, -0.25) is 0 Å². The largest absolute Gasteiger partial charge is 0.317 e. The van der Waals surface area contributed by atoms with E-state index in [2.05, 4.69) is 48.1 Å².